The maximum absolute atomic E-state index is 12.1. The molecule has 130 valence electrons. The summed E-state index contributed by atoms with van der Waals surface area (Å²) in [7, 11) is 1.60. The summed E-state index contributed by atoms with van der Waals surface area (Å²) in [6, 6.07) is 10.0. The highest BCUT2D eigenvalue weighted by molar-refractivity contribution is 5.96. The van der Waals surface area contributed by atoms with E-state index in [0.717, 1.165) is 5.75 Å². The molecule has 0 aliphatic carbocycles. The normalized spacial score (nSPS) is 16.7. The monoisotopic (exact) mass is 342 g/mol. The van der Waals surface area contributed by atoms with Crippen LogP contribution in [0, 0.1) is 0 Å². The first-order valence-electron chi connectivity index (χ1n) is 7.73. The van der Waals surface area contributed by atoms with Gasteiger partial charge in [0.05, 0.1) is 25.5 Å². The van der Waals surface area contributed by atoms with Gasteiger partial charge in [-0.15, -0.1) is 0 Å². The van der Waals surface area contributed by atoms with Gasteiger partial charge in [0.25, 0.3) is 0 Å². The quantitative estimate of drug-likeness (QED) is 0.747. The van der Waals surface area contributed by atoms with Gasteiger partial charge in [0.15, 0.2) is 0 Å². The second-order valence-corrected chi connectivity index (χ2v) is 5.39. The number of amides is 2. The Morgan fingerprint density at radius 1 is 1.20 bits per heavy atom. The molecular formula is C17H18N4O4. The highest BCUT2D eigenvalue weighted by atomic mass is 16.5. The van der Waals surface area contributed by atoms with Crippen LogP contribution in [0.2, 0.25) is 0 Å². The summed E-state index contributed by atoms with van der Waals surface area (Å²) < 4.78 is 10.7. The number of hydrogen-bond donors (Lipinski definition) is 3. The maximum Gasteiger partial charge on any atom is 0.243 e. The summed E-state index contributed by atoms with van der Waals surface area (Å²) in [5, 5.41) is 8.24. The zero-order valence-corrected chi connectivity index (χ0v) is 13.6. The number of rotatable bonds is 5. The maximum atomic E-state index is 12.1. The van der Waals surface area contributed by atoms with E-state index < -0.39 is 6.04 Å². The van der Waals surface area contributed by atoms with E-state index in [-0.39, 0.29) is 24.9 Å². The smallest absolute Gasteiger partial charge is 0.243 e. The summed E-state index contributed by atoms with van der Waals surface area (Å²) in [6.45, 7) is 0.391. The number of piperazine rings is 1. The molecule has 8 nitrogen and oxygen atoms in total. The Morgan fingerprint density at radius 3 is 2.56 bits per heavy atom. The molecule has 3 rings (SSSR count). The van der Waals surface area contributed by atoms with Gasteiger partial charge in [0.1, 0.15) is 17.5 Å². The van der Waals surface area contributed by atoms with E-state index in [1.54, 1.807) is 43.5 Å². The molecule has 2 heterocycles. The molecule has 25 heavy (non-hydrogen) atoms. The summed E-state index contributed by atoms with van der Waals surface area (Å²) in [4.78, 5) is 27.4. The zero-order chi connectivity index (χ0) is 17.6. The average Bonchev–Trinajstić information content (AvgIpc) is 2.64. The number of methoxy groups -OCH3 is 1. The Kier molecular flexibility index (Phi) is 5.10. The lowest BCUT2D eigenvalue weighted by Gasteiger charge is -2.23. The number of anilines is 1. The third-order valence-corrected chi connectivity index (χ3v) is 3.61. The van der Waals surface area contributed by atoms with Gasteiger partial charge in [0, 0.05) is 12.6 Å². The Balaban J connectivity index is 1.56. The van der Waals surface area contributed by atoms with Crippen LogP contribution in [0.3, 0.4) is 0 Å². The summed E-state index contributed by atoms with van der Waals surface area (Å²) in [6.07, 6.45) is 1.51. The number of hydrogen-bond acceptors (Lipinski definition) is 6. The van der Waals surface area contributed by atoms with Crippen molar-refractivity contribution >= 4 is 17.5 Å². The SMILES string of the molecule is COc1ccc(Oc2ccc(NC(=O)C3CNC(=O)CN3)cn2)cc1. The first kappa shape index (κ1) is 16.7. The van der Waals surface area contributed by atoms with E-state index >= 15 is 0 Å². The minimum absolute atomic E-state index is 0.120. The molecule has 3 N–H and O–H groups in total. The molecule has 1 unspecified atom stereocenters. The van der Waals surface area contributed by atoms with Gasteiger partial charge in [-0.2, -0.15) is 0 Å². The largest absolute Gasteiger partial charge is 0.497 e. The van der Waals surface area contributed by atoms with Gasteiger partial charge in [-0.05, 0) is 30.3 Å². The molecule has 1 fully saturated rings. The van der Waals surface area contributed by atoms with Crippen molar-refractivity contribution in [1.82, 2.24) is 15.6 Å². The average molecular weight is 342 g/mol. The van der Waals surface area contributed by atoms with Crippen molar-refractivity contribution < 1.29 is 19.1 Å². The molecule has 2 amide bonds. The minimum Gasteiger partial charge on any atom is -0.497 e. The van der Waals surface area contributed by atoms with Crippen LogP contribution in [0.4, 0.5) is 5.69 Å². The Morgan fingerprint density at radius 2 is 1.96 bits per heavy atom. The van der Waals surface area contributed by atoms with Gasteiger partial charge in [-0.3, -0.25) is 14.9 Å². The Hall–Kier alpha value is -3.13. The summed E-state index contributed by atoms with van der Waals surface area (Å²) in [5.41, 5.74) is 0.547. The molecule has 1 aromatic carbocycles. The molecule has 1 aliphatic rings. The fourth-order valence-corrected chi connectivity index (χ4v) is 2.26. The first-order chi connectivity index (χ1) is 12.1. The van der Waals surface area contributed by atoms with Crippen LogP contribution in [0.15, 0.2) is 42.6 Å². The molecule has 2 aromatic rings. The van der Waals surface area contributed by atoms with Crippen LogP contribution in [-0.4, -0.2) is 43.0 Å². The van der Waals surface area contributed by atoms with Crippen molar-refractivity contribution in [2.24, 2.45) is 0 Å². The highest BCUT2D eigenvalue weighted by Gasteiger charge is 2.23. The van der Waals surface area contributed by atoms with Gasteiger partial charge in [0.2, 0.25) is 17.7 Å². The van der Waals surface area contributed by atoms with Crippen LogP contribution in [0.5, 0.6) is 17.4 Å². The number of benzene rings is 1. The lowest BCUT2D eigenvalue weighted by Crippen LogP contribution is -2.56. The van der Waals surface area contributed by atoms with Gasteiger partial charge in [-0.25, -0.2) is 4.98 Å². The summed E-state index contributed by atoms with van der Waals surface area (Å²) >= 11 is 0. The van der Waals surface area contributed by atoms with E-state index in [1.165, 1.54) is 6.20 Å². The van der Waals surface area contributed by atoms with E-state index in [2.05, 4.69) is 20.9 Å². The number of carbonyl (C=O) groups excluding carboxylic acids is 2. The van der Waals surface area contributed by atoms with Gasteiger partial charge < -0.3 is 20.1 Å². The predicted molar refractivity (Wildman–Crippen MR) is 90.7 cm³/mol. The van der Waals surface area contributed by atoms with E-state index in [1.807, 2.05) is 0 Å². The van der Waals surface area contributed by atoms with Crippen molar-refractivity contribution in [3.63, 3.8) is 0 Å². The number of ether oxygens (including phenoxy) is 2. The van der Waals surface area contributed by atoms with Crippen molar-refractivity contribution in [3.05, 3.63) is 42.6 Å². The standard InChI is InChI=1S/C17H18N4O4/c1-24-12-3-5-13(6-4-12)25-16-7-2-11(8-20-16)21-17(23)14-9-19-15(22)10-18-14/h2-8,14,18H,9-10H2,1H3,(H,19,22)(H,21,23). The number of nitrogens with one attached hydrogen (secondary N) is 3. The second kappa shape index (κ2) is 7.63. The van der Waals surface area contributed by atoms with Crippen molar-refractivity contribution in [3.8, 4) is 17.4 Å². The Labute approximate surface area is 144 Å². The molecule has 0 spiro atoms. The van der Waals surface area contributed by atoms with Crippen LogP contribution >= 0.6 is 0 Å². The molecule has 1 atom stereocenters. The number of pyridine rings is 1. The molecule has 0 saturated carbocycles. The zero-order valence-electron chi connectivity index (χ0n) is 13.6. The number of aromatic nitrogens is 1. The third kappa shape index (κ3) is 4.45. The minimum atomic E-state index is -0.465. The van der Waals surface area contributed by atoms with Crippen LogP contribution in [0.1, 0.15) is 0 Å². The lowest BCUT2D eigenvalue weighted by molar-refractivity contribution is -0.124. The number of nitrogens with zero attached hydrogens (tertiary/aromatic N) is 1. The molecule has 1 aromatic heterocycles. The van der Waals surface area contributed by atoms with Crippen molar-refractivity contribution in [2.45, 2.75) is 6.04 Å². The van der Waals surface area contributed by atoms with Crippen LogP contribution in [0.25, 0.3) is 0 Å². The fourth-order valence-electron chi connectivity index (χ4n) is 2.26. The molecule has 0 bridgehead atoms. The molecule has 1 aliphatic heterocycles. The van der Waals surface area contributed by atoms with E-state index in [9.17, 15) is 9.59 Å². The highest BCUT2D eigenvalue weighted by Crippen LogP contribution is 2.23. The van der Waals surface area contributed by atoms with Crippen LogP contribution < -0.4 is 25.4 Å². The predicted octanol–water partition coefficient (Wildman–Crippen LogP) is 0.909. The molecule has 0 radical (unpaired) electrons. The van der Waals surface area contributed by atoms with Crippen molar-refractivity contribution in [1.29, 1.82) is 0 Å². The fraction of sp³-hybridized carbons (Fsp3) is 0.235. The second-order valence-electron chi connectivity index (χ2n) is 5.39. The Bertz CT molecular complexity index is 736. The van der Waals surface area contributed by atoms with E-state index in [0.29, 0.717) is 17.3 Å². The third-order valence-electron chi connectivity index (χ3n) is 3.61. The number of carbonyl (C=O) groups is 2. The molecule has 1 saturated heterocycles. The molecule has 8 heteroatoms. The van der Waals surface area contributed by atoms with Gasteiger partial charge in [-0.1, -0.05) is 0 Å². The topological polar surface area (TPSA) is 102 Å². The molecular weight excluding hydrogens is 324 g/mol. The van der Waals surface area contributed by atoms with Gasteiger partial charge >= 0.3 is 0 Å². The van der Waals surface area contributed by atoms with E-state index in [4.69, 9.17) is 9.47 Å². The van der Waals surface area contributed by atoms with Crippen LogP contribution in [-0.2, 0) is 9.59 Å². The lowest BCUT2D eigenvalue weighted by atomic mass is 10.2. The summed E-state index contributed by atoms with van der Waals surface area (Å²) in [5.74, 6) is 1.43. The first-order valence-corrected chi connectivity index (χ1v) is 7.73. The van der Waals surface area contributed by atoms with Crippen molar-refractivity contribution in [2.75, 3.05) is 25.5 Å².